The number of methoxy groups -OCH3 is 2. The fourth-order valence-corrected chi connectivity index (χ4v) is 4.06. The monoisotopic (exact) mass is 474 g/mol. The van der Waals surface area contributed by atoms with Crippen molar-refractivity contribution >= 4 is 11.8 Å². The van der Waals surface area contributed by atoms with Gasteiger partial charge in [0.1, 0.15) is 6.04 Å². The predicted molar refractivity (Wildman–Crippen MR) is 137 cm³/mol. The molecule has 0 saturated heterocycles. The van der Waals surface area contributed by atoms with Crippen molar-refractivity contribution in [3.05, 3.63) is 95.6 Å². The first-order chi connectivity index (χ1) is 17.0. The van der Waals surface area contributed by atoms with Gasteiger partial charge in [-0.25, -0.2) is 0 Å². The molecule has 35 heavy (non-hydrogen) atoms. The number of carbonyl (C=O) groups excluding carboxylic acids is 2. The van der Waals surface area contributed by atoms with Crippen LogP contribution in [0, 0.1) is 0 Å². The largest absolute Gasteiger partial charge is 0.493 e. The Morgan fingerprint density at radius 2 is 1.46 bits per heavy atom. The minimum Gasteiger partial charge on any atom is -0.493 e. The van der Waals surface area contributed by atoms with Crippen molar-refractivity contribution in [1.82, 2.24) is 10.2 Å². The molecule has 0 aliphatic carbocycles. The summed E-state index contributed by atoms with van der Waals surface area (Å²) in [6.45, 7) is 2.75. The SMILES string of the molecule is CCNC(=O)C(Cc1ccccc1)N(Cc1ccccc1)C(=O)CCc1ccc(OC)c(OC)c1. The van der Waals surface area contributed by atoms with Gasteiger partial charge in [-0.15, -0.1) is 0 Å². The fraction of sp³-hybridized carbons (Fsp3) is 0.310. The van der Waals surface area contributed by atoms with E-state index in [-0.39, 0.29) is 18.2 Å². The predicted octanol–water partition coefficient (Wildman–Crippen LogP) is 4.41. The first-order valence-electron chi connectivity index (χ1n) is 11.9. The molecule has 0 heterocycles. The van der Waals surface area contributed by atoms with E-state index in [2.05, 4.69) is 5.32 Å². The summed E-state index contributed by atoms with van der Waals surface area (Å²) in [4.78, 5) is 28.5. The third-order valence-electron chi connectivity index (χ3n) is 5.89. The molecule has 0 aliphatic heterocycles. The number of hydrogen-bond acceptors (Lipinski definition) is 4. The van der Waals surface area contributed by atoms with Gasteiger partial charge in [0.15, 0.2) is 11.5 Å². The second kappa shape index (κ2) is 13.2. The van der Waals surface area contributed by atoms with E-state index < -0.39 is 6.04 Å². The molecule has 3 rings (SSSR count). The average molecular weight is 475 g/mol. The highest BCUT2D eigenvalue weighted by Gasteiger charge is 2.29. The molecule has 0 bridgehead atoms. The van der Waals surface area contributed by atoms with Gasteiger partial charge in [0, 0.05) is 25.9 Å². The second-order valence-corrected chi connectivity index (χ2v) is 8.30. The first kappa shape index (κ1) is 25.8. The minimum atomic E-state index is -0.615. The van der Waals surface area contributed by atoms with E-state index in [1.54, 1.807) is 19.1 Å². The van der Waals surface area contributed by atoms with Crippen LogP contribution in [0.4, 0.5) is 0 Å². The van der Waals surface area contributed by atoms with Crippen molar-refractivity contribution < 1.29 is 19.1 Å². The summed E-state index contributed by atoms with van der Waals surface area (Å²) in [7, 11) is 3.19. The summed E-state index contributed by atoms with van der Waals surface area (Å²) in [5.41, 5.74) is 2.96. The number of ether oxygens (including phenoxy) is 2. The summed E-state index contributed by atoms with van der Waals surface area (Å²) in [5, 5.41) is 2.93. The lowest BCUT2D eigenvalue weighted by Crippen LogP contribution is -2.50. The van der Waals surface area contributed by atoms with Crippen molar-refractivity contribution in [2.75, 3.05) is 20.8 Å². The molecular formula is C29H34N2O4. The summed E-state index contributed by atoms with van der Waals surface area (Å²) in [6, 6.07) is 24.6. The molecule has 1 unspecified atom stereocenters. The van der Waals surface area contributed by atoms with Crippen molar-refractivity contribution in [2.24, 2.45) is 0 Å². The lowest BCUT2D eigenvalue weighted by molar-refractivity contribution is -0.141. The van der Waals surface area contributed by atoms with Gasteiger partial charge in [0.2, 0.25) is 11.8 Å². The number of likely N-dealkylation sites (N-methyl/N-ethyl adjacent to an activating group) is 1. The standard InChI is InChI=1S/C29H34N2O4/c1-4-30-29(33)25(19-22-11-7-5-8-12-22)31(21-24-13-9-6-10-14-24)28(32)18-16-23-15-17-26(34-2)27(20-23)35-3/h5-15,17,20,25H,4,16,18-19,21H2,1-3H3,(H,30,33). The molecular weight excluding hydrogens is 440 g/mol. The van der Waals surface area contributed by atoms with Crippen LogP contribution in [0.5, 0.6) is 11.5 Å². The Morgan fingerprint density at radius 1 is 0.829 bits per heavy atom. The lowest BCUT2D eigenvalue weighted by Gasteiger charge is -2.31. The van der Waals surface area contributed by atoms with Crippen molar-refractivity contribution in [3.8, 4) is 11.5 Å². The summed E-state index contributed by atoms with van der Waals surface area (Å²) in [6.07, 6.45) is 1.24. The van der Waals surface area contributed by atoms with Crippen molar-refractivity contribution in [1.29, 1.82) is 0 Å². The molecule has 0 aliphatic rings. The molecule has 3 aromatic rings. The lowest BCUT2D eigenvalue weighted by atomic mass is 10.0. The number of hydrogen-bond donors (Lipinski definition) is 1. The van der Waals surface area contributed by atoms with Crippen LogP contribution >= 0.6 is 0 Å². The molecule has 3 aromatic carbocycles. The number of rotatable bonds is 12. The number of carbonyl (C=O) groups is 2. The Kier molecular flexibility index (Phi) is 9.72. The van der Waals surface area contributed by atoms with Crippen LogP contribution in [-0.2, 0) is 29.0 Å². The normalized spacial score (nSPS) is 11.4. The maximum Gasteiger partial charge on any atom is 0.243 e. The van der Waals surface area contributed by atoms with Crippen LogP contribution in [0.1, 0.15) is 30.0 Å². The summed E-state index contributed by atoms with van der Waals surface area (Å²) >= 11 is 0. The number of benzene rings is 3. The van der Waals surface area contributed by atoms with Gasteiger partial charge in [-0.1, -0.05) is 66.7 Å². The Labute approximate surface area is 207 Å². The van der Waals surface area contributed by atoms with Crippen LogP contribution in [0.2, 0.25) is 0 Å². The zero-order valence-corrected chi connectivity index (χ0v) is 20.7. The molecule has 6 heteroatoms. The molecule has 6 nitrogen and oxygen atoms in total. The van der Waals surface area contributed by atoms with Gasteiger partial charge in [0.25, 0.3) is 0 Å². The number of nitrogens with one attached hydrogen (secondary N) is 1. The van der Waals surface area contributed by atoms with Gasteiger partial charge in [-0.3, -0.25) is 9.59 Å². The molecule has 0 spiro atoms. The summed E-state index contributed by atoms with van der Waals surface area (Å²) in [5.74, 6) is 1.05. The highest BCUT2D eigenvalue weighted by atomic mass is 16.5. The minimum absolute atomic E-state index is 0.0733. The van der Waals surface area contributed by atoms with Gasteiger partial charge in [-0.05, 0) is 42.2 Å². The Hall–Kier alpha value is -3.80. The van der Waals surface area contributed by atoms with Gasteiger partial charge < -0.3 is 19.7 Å². The smallest absolute Gasteiger partial charge is 0.243 e. The van der Waals surface area contributed by atoms with Gasteiger partial charge in [-0.2, -0.15) is 0 Å². The maximum atomic E-state index is 13.6. The Balaban J connectivity index is 1.86. The van der Waals surface area contributed by atoms with Crippen molar-refractivity contribution in [3.63, 3.8) is 0 Å². The molecule has 1 N–H and O–H groups in total. The number of nitrogens with zero attached hydrogens (tertiary/aromatic N) is 1. The third-order valence-corrected chi connectivity index (χ3v) is 5.89. The molecule has 0 fully saturated rings. The van der Waals surface area contributed by atoms with Crippen LogP contribution in [0.25, 0.3) is 0 Å². The zero-order valence-electron chi connectivity index (χ0n) is 20.7. The highest BCUT2D eigenvalue weighted by Crippen LogP contribution is 2.28. The molecule has 0 saturated carbocycles. The maximum absolute atomic E-state index is 13.6. The van der Waals surface area contributed by atoms with Gasteiger partial charge in [0.05, 0.1) is 14.2 Å². The van der Waals surface area contributed by atoms with E-state index in [9.17, 15) is 9.59 Å². The number of aryl methyl sites for hydroxylation is 1. The van der Waals surface area contributed by atoms with Gasteiger partial charge >= 0.3 is 0 Å². The van der Waals surface area contributed by atoms with Crippen LogP contribution in [0.3, 0.4) is 0 Å². The topological polar surface area (TPSA) is 67.9 Å². The number of amides is 2. The second-order valence-electron chi connectivity index (χ2n) is 8.30. The van der Waals surface area contributed by atoms with E-state index in [1.807, 2.05) is 85.8 Å². The van der Waals surface area contributed by atoms with E-state index in [0.29, 0.717) is 37.4 Å². The molecule has 0 aromatic heterocycles. The van der Waals surface area contributed by atoms with E-state index in [4.69, 9.17) is 9.47 Å². The van der Waals surface area contributed by atoms with E-state index in [1.165, 1.54) is 0 Å². The zero-order chi connectivity index (χ0) is 25.0. The molecule has 184 valence electrons. The van der Waals surface area contributed by atoms with Crippen molar-refractivity contribution in [2.45, 2.75) is 38.8 Å². The Morgan fingerprint density at radius 3 is 2.06 bits per heavy atom. The van der Waals surface area contributed by atoms with E-state index >= 15 is 0 Å². The van der Waals surface area contributed by atoms with Crippen LogP contribution in [0.15, 0.2) is 78.9 Å². The van der Waals surface area contributed by atoms with E-state index in [0.717, 1.165) is 16.7 Å². The highest BCUT2D eigenvalue weighted by molar-refractivity contribution is 5.88. The summed E-state index contributed by atoms with van der Waals surface area (Å²) < 4.78 is 10.7. The fourth-order valence-electron chi connectivity index (χ4n) is 4.06. The average Bonchev–Trinajstić information content (AvgIpc) is 2.90. The quantitative estimate of drug-likeness (QED) is 0.422. The molecule has 2 amide bonds. The molecule has 0 radical (unpaired) electrons. The third kappa shape index (κ3) is 7.34. The first-order valence-corrected chi connectivity index (χ1v) is 11.9. The van der Waals surface area contributed by atoms with Crippen LogP contribution < -0.4 is 14.8 Å². The van der Waals surface area contributed by atoms with Crippen LogP contribution in [-0.4, -0.2) is 43.5 Å². The Bertz CT molecular complexity index is 1090. The molecule has 1 atom stereocenters.